The molecule has 0 amide bonds. The van der Waals surface area contributed by atoms with Crippen LogP contribution in [0, 0.1) is 0 Å². The Morgan fingerprint density at radius 1 is 1.27 bits per heavy atom. The van der Waals surface area contributed by atoms with E-state index in [2.05, 4.69) is 21.1 Å². The molecule has 1 unspecified atom stereocenters. The van der Waals surface area contributed by atoms with Crippen LogP contribution in [-0.2, 0) is 0 Å². The molecule has 2 aliphatic rings. The molecule has 15 heavy (non-hydrogen) atoms. The zero-order valence-electron chi connectivity index (χ0n) is 9.15. The minimum absolute atomic E-state index is 0.656. The van der Waals surface area contributed by atoms with Gasteiger partial charge in [0.25, 0.3) is 0 Å². The number of nitrogens with one attached hydrogen (secondary N) is 1. The van der Waals surface area contributed by atoms with E-state index in [1.807, 2.05) is 6.33 Å². The first kappa shape index (κ1) is 9.40. The first-order valence-electron chi connectivity index (χ1n) is 6.17. The van der Waals surface area contributed by atoms with Crippen molar-refractivity contribution in [2.45, 2.75) is 44.1 Å². The maximum atomic E-state index is 4.35. The van der Waals surface area contributed by atoms with E-state index in [1.54, 1.807) is 0 Å². The molecule has 0 bridgehead atoms. The minimum Gasteiger partial charge on any atom is -0.330 e. The Balaban J connectivity index is 1.84. The zero-order chi connectivity index (χ0) is 10.1. The van der Waals surface area contributed by atoms with Crippen LogP contribution < -0.4 is 5.32 Å². The van der Waals surface area contributed by atoms with E-state index in [9.17, 15) is 0 Å². The summed E-state index contributed by atoms with van der Waals surface area (Å²) in [6.45, 7) is 2.28. The molecule has 0 aromatic carbocycles. The van der Waals surface area contributed by atoms with Gasteiger partial charge in [-0.25, -0.2) is 4.98 Å². The first-order chi connectivity index (χ1) is 7.45. The topological polar surface area (TPSA) is 29.9 Å². The second-order valence-corrected chi connectivity index (χ2v) is 4.85. The molecule has 1 atom stereocenters. The van der Waals surface area contributed by atoms with Crippen molar-refractivity contribution in [3.63, 3.8) is 0 Å². The van der Waals surface area contributed by atoms with E-state index >= 15 is 0 Å². The molecule has 1 N–H and O–H groups in total. The molecule has 3 heteroatoms. The normalized spacial score (nSPS) is 27.6. The van der Waals surface area contributed by atoms with E-state index in [0.29, 0.717) is 6.04 Å². The Morgan fingerprint density at radius 3 is 2.87 bits per heavy atom. The second kappa shape index (κ2) is 3.97. The molecule has 3 nitrogen and oxygen atoms in total. The fourth-order valence-electron chi connectivity index (χ4n) is 3.03. The summed E-state index contributed by atoms with van der Waals surface area (Å²) >= 11 is 0. The van der Waals surface area contributed by atoms with Gasteiger partial charge in [0.1, 0.15) is 0 Å². The number of hydrogen-bond donors (Lipinski definition) is 1. The summed E-state index contributed by atoms with van der Waals surface area (Å²) < 4.78 is 2.43. The summed E-state index contributed by atoms with van der Waals surface area (Å²) in [6, 6.07) is 0.656. The molecule has 2 fully saturated rings. The molecule has 1 aromatic rings. The summed E-state index contributed by atoms with van der Waals surface area (Å²) in [7, 11) is 0. The van der Waals surface area contributed by atoms with Crippen LogP contribution in [0.1, 0.15) is 49.8 Å². The van der Waals surface area contributed by atoms with Crippen LogP contribution >= 0.6 is 0 Å². The summed E-state index contributed by atoms with van der Waals surface area (Å²) in [5.41, 5.74) is 1.49. The number of hydrogen-bond acceptors (Lipinski definition) is 2. The summed E-state index contributed by atoms with van der Waals surface area (Å²) in [6.07, 6.45) is 10.9. The standard InChI is InChI=1S/C12H19N3/c1-2-4-10(3-1)12-8-14-9-15(12)11-5-6-13-7-11/h8-11,13H,1-7H2. The minimum atomic E-state index is 0.656. The molecule has 1 saturated heterocycles. The van der Waals surface area contributed by atoms with Gasteiger partial charge < -0.3 is 9.88 Å². The largest absolute Gasteiger partial charge is 0.330 e. The first-order valence-corrected chi connectivity index (χ1v) is 6.17. The van der Waals surface area contributed by atoms with Crippen LogP contribution in [0.3, 0.4) is 0 Å². The Kier molecular flexibility index (Phi) is 2.49. The molecule has 3 rings (SSSR count). The van der Waals surface area contributed by atoms with Gasteiger partial charge in [0.15, 0.2) is 0 Å². The van der Waals surface area contributed by atoms with Gasteiger partial charge in [0.2, 0.25) is 0 Å². The average Bonchev–Trinajstić information content (AvgIpc) is 3.01. The van der Waals surface area contributed by atoms with Gasteiger partial charge in [-0.05, 0) is 25.8 Å². The van der Waals surface area contributed by atoms with Gasteiger partial charge >= 0.3 is 0 Å². The van der Waals surface area contributed by atoms with Crippen LogP contribution in [0.5, 0.6) is 0 Å². The number of rotatable bonds is 2. The maximum Gasteiger partial charge on any atom is 0.0951 e. The van der Waals surface area contributed by atoms with Crippen molar-refractivity contribution in [3.8, 4) is 0 Å². The Bertz CT molecular complexity index is 289. The lowest BCUT2D eigenvalue weighted by Crippen LogP contribution is -2.15. The van der Waals surface area contributed by atoms with Gasteiger partial charge in [0, 0.05) is 30.4 Å². The molecule has 2 heterocycles. The summed E-state index contributed by atoms with van der Waals surface area (Å²) in [5, 5.41) is 3.43. The van der Waals surface area contributed by atoms with Crippen molar-refractivity contribution in [2.24, 2.45) is 0 Å². The molecular weight excluding hydrogens is 186 g/mol. The van der Waals surface area contributed by atoms with Crippen LogP contribution in [0.4, 0.5) is 0 Å². The molecule has 1 aliphatic carbocycles. The predicted octanol–water partition coefficient (Wildman–Crippen LogP) is 2.08. The summed E-state index contributed by atoms with van der Waals surface area (Å²) in [5.74, 6) is 0.785. The highest BCUT2D eigenvalue weighted by Gasteiger charge is 2.24. The van der Waals surface area contributed by atoms with E-state index in [0.717, 1.165) is 19.0 Å². The van der Waals surface area contributed by atoms with E-state index < -0.39 is 0 Å². The van der Waals surface area contributed by atoms with Gasteiger partial charge in [0.05, 0.1) is 6.33 Å². The molecule has 82 valence electrons. The van der Waals surface area contributed by atoms with Crippen molar-refractivity contribution in [2.75, 3.05) is 13.1 Å². The molecular formula is C12H19N3. The predicted molar refractivity (Wildman–Crippen MR) is 60.0 cm³/mol. The van der Waals surface area contributed by atoms with E-state index in [-0.39, 0.29) is 0 Å². The van der Waals surface area contributed by atoms with Crippen molar-refractivity contribution in [1.82, 2.24) is 14.9 Å². The highest BCUT2D eigenvalue weighted by Crippen LogP contribution is 2.35. The highest BCUT2D eigenvalue weighted by atomic mass is 15.1. The lowest BCUT2D eigenvalue weighted by atomic mass is 10.0. The lowest BCUT2D eigenvalue weighted by molar-refractivity contribution is 0.503. The molecule has 0 spiro atoms. The smallest absolute Gasteiger partial charge is 0.0951 e. The quantitative estimate of drug-likeness (QED) is 0.801. The maximum absolute atomic E-state index is 4.35. The Hall–Kier alpha value is -0.830. The van der Waals surface area contributed by atoms with Gasteiger partial charge in [-0.2, -0.15) is 0 Å². The van der Waals surface area contributed by atoms with Crippen molar-refractivity contribution >= 4 is 0 Å². The van der Waals surface area contributed by atoms with Crippen LogP contribution in [0.2, 0.25) is 0 Å². The Morgan fingerprint density at radius 2 is 2.13 bits per heavy atom. The van der Waals surface area contributed by atoms with Crippen molar-refractivity contribution in [3.05, 3.63) is 18.2 Å². The molecule has 0 radical (unpaired) electrons. The van der Waals surface area contributed by atoms with Crippen LogP contribution in [0.15, 0.2) is 12.5 Å². The third-order valence-electron chi connectivity index (χ3n) is 3.90. The highest BCUT2D eigenvalue weighted by molar-refractivity contribution is 5.10. The number of aromatic nitrogens is 2. The summed E-state index contributed by atoms with van der Waals surface area (Å²) in [4.78, 5) is 4.35. The molecule has 1 aromatic heterocycles. The van der Waals surface area contributed by atoms with Crippen LogP contribution in [-0.4, -0.2) is 22.6 Å². The van der Waals surface area contributed by atoms with Crippen LogP contribution in [0.25, 0.3) is 0 Å². The van der Waals surface area contributed by atoms with Gasteiger partial charge in [-0.3, -0.25) is 0 Å². The fraction of sp³-hybridized carbons (Fsp3) is 0.750. The zero-order valence-corrected chi connectivity index (χ0v) is 9.15. The van der Waals surface area contributed by atoms with Gasteiger partial charge in [-0.1, -0.05) is 12.8 Å². The van der Waals surface area contributed by atoms with E-state index in [1.165, 1.54) is 37.8 Å². The SMILES string of the molecule is c1ncn(C2CCNC2)c1C1CCCC1. The second-order valence-electron chi connectivity index (χ2n) is 4.85. The van der Waals surface area contributed by atoms with Crippen molar-refractivity contribution < 1.29 is 0 Å². The third kappa shape index (κ3) is 1.69. The molecule has 1 aliphatic heterocycles. The Labute approximate surface area is 90.9 Å². The van der Waals surface area contributed by atoms with Gasteiger partial charge in [-0.15, -0.1) is 0 Å². The van der Waals surface area contributed by atoms with Crippen molar-refractivity contribution in [1.29, 1.82) is 0 Å². The third-order valence-corrected chi connectivity index (χ3v) is 3.90. The molecule has 1 saturated carbocycles. The number of imidazole rings is 1. The lowest BCUT2D eigenvalue weighted by Gasteiger charge is -2.18. The fourth-order valence-corrected chi connectivity index (χ4v) is 3.03. The van der Waals surface area contributed by atoms with E-state index in [4.69, 9.17) is 0 Å². The average molecular weight is 205 g/mol. The number of nitrogens with zero attached hydrogens (tertiary/aromatic N) is 2. The monoisotopic (exact) mass is 205 g/mol.